The Hall–Kier alpha value is -1.19. The summed E-state index contributed by atoms with van der Waals surface area (Å²) in [7, 11) is 0. The van der Waals surface area contributed by atoms with Gasteiger partial charge in [-0.1, -0.05) is 45.0 Å². The number of hydrogen-bond acceptors (Lipinski definition) is 3. The predicted octanol–water partition coefficient (Wildman–Crippen LogP) is 3.73. The summed E-state index contributed by atoms with van der Waals surface area (Å²) in [5.41, 5.74) is 5.91. The number of thiazole rings is 1. The Balaban J connectivity index is 1.87. The maximum Gasteiger partial charge on any atom is 0.0795 e. The third-order valence-corrected chi connectivity index (χ3v) is 3.57. The van der Waals surface area contributed by atoms with E-state index in [9.17, 15) is 0 Å². The van der Waals surface area contributed by atoms with Crippen LogP contribution in [0.2, 0.25) is 0 Å². The van der Waals surface area contributed by atoms with E-state index in [4.69, 9.17) is 0 Å². The van der Waals surface area contributed by atoms with Crippen molar-refractivity contribution in [2.75, 3.05) is 0 Å². The molecule has 2 nitrogen and oxygen atoms in total. The summed E-state index contributed by atoms with van der Waals surface area (Å²) in [6.07, 6.45) is 0. The summed E-state index contributed by atoms with van der Waals surface area (Å²) in [4.78, 5) is 4.25. The smallest absolute Gasteiger partial charge is 0.0795 e. The Morgan fingerprint density at radius 3 is 2.39 bits per heavy atom. The first-order chi connectivity index (χ1) is 8.55. The molecule has 0 aliphatic carbocycles. The molecule has 0 amide bonds. The van der Waals surface area contributed by atoms with Crippen LogP contribution in [0.25, 0.3) is 0 Å². The van der Waals surface area contributed by atoms with E-state index in [2.05, 4.69) is 60.7 Å². The summed E-state index contributed by atoms with van der Waals surface area (Å²) in [6.45, 7) is 8.44. The highest BCUT2D eigenvalue weighted by atomic mass is 32.1. The molecule has 0 atom stereocenters. The molecule has 0 saturated heterocycles. The quantitative estimate of drug-likeness (QED) is 0.906. The summed E-state index contributed by atoms with van der Waals surface area (Å²) in [6, 6.07) is 8.85. The van der Waals surface area contributed by atoms with Crippen molar-refractivity contribution in [2.45, 2.75) is 39.3 Å². The normalized spacial score (nSPS) is 11.7. The second-order valence-corrected chi connectivity index (χ2v) is 6.25. The molecule has 0 saturated carbocycles. The van der Waals surface area contributed by atoms with Crippen molar-refractivity contribution in [2.24, 2.45) is 0 Å². The van der Waals surface area contributed by atoms with Gasteiger partial charge in [0.1, 0.15) is 0 Å². The second-order valence-electron chi connectivity index (χ2n) is 5.53. The lowest BCUT2D eigenvalue weighted by atomic mass is 9.87. The SMILES string of the molecule is CC(C)(C)c1ccc(CNCc2cscn2)cc1. The van der Waals surface area contributed by atoms with Gasteiger partial charge in [-0.3, -0.25) is 0 Å². The molecule has 1 aromatic heterocycles. The molecule has 3 heteroatoms. The van der Waals surface area contributed by atoms with E-state index in [-0.39, 0.29) is 5.41 Å². The Labute approximate surface area is 113 Å². The van der Waals surface area contributed by atoms with Crippen LogP contribution in [0.15, 0.2) is 35.2 Å². The fourth-order valence-corrected chi connectivity index (χ4v) is 2.34. The molecule has 0 spiro atoms. The molecule has 2 aromatic rings. The van der Waals surface area contributed by atoms with Gasteiger partial charge in [0.05, 0.1) is 11.2 Å². The van der Waals surface area contributed by atoms with E-state index < -0.39 is 0 Å². The third-order valence-electron chi connectivity index (χ3n) is 2.94. The topological polar surface area (TPSA) is 24.9 Å². The number of nitrogens with zero attached hydrogens (tertiary/aromatic N) is 1. The maximum absolute atomic E-state index is 4.25. The van der Waals surface area contributed by atoms with E-state index in [1.807, 2.05) is 5.51 Å². The molecule has 0 aliphatic rings. The fraction of sp³-hybridized carbons (Fsp3) is 0.400. The molecule has 0 bridgehead atoms. The van der Waals surface area contributed by atoms with Gasteiger partial charge in [0.25, 0.3) is 0 Å². The van der Waals surface area contributed by atoms with E-state index in [1.54, 1.807) is 11.3 Å². The standard InChI is InChI=1S/C15H20N2S/c1-15(2,3)13-6-4-12(5-7-13)8-16-9-14-10-18-11-17-14/h4-7,10-11,16H,8-9H2,1-3H3. The van der Waals surface area contributed by atoms with Crippen molar-refractivity contribution in [1.82, 2.24) is 10.3 Å². The minimum atomic E-state index is 0.229. The zero-order valence-electron chi connectivity index (χ0n) is 11.2. The summed E-state index contributed by atoms with van der Waals surface area (Å²) < 4.78 is 0. The lowest BCUT2D eigenvalue weighted by Gasteiger charge is -2.19. The molecule has 1 aromatic carbocycles. The number of benzene rings is 1. The first-order valence-corrected chi connectivity index (χ1v) is 7.17. The van der Waals surface area contributed by atoms with Gasteiger partial charge in [0.15, 0.2) is 0 Å². The zero-order valence-corrected chi connectivity index (χ0v) is 12.1. The minimum Gasteiger partial charge on any atom is -0.307 e. The van der Waals surface area contributed by atoms with Crippen LogP contribution < -0.4 is 5.32 Å². The van der Waals surface area contributed by atoms with Crippen molar-refractivity contribution >= 4 is 11.3 Å². The van der Waals surface area contributed by atoms with Crippen LogP contribution in [-0.4, -0.2) is 4.98 Å². The number of aromatic nitrogens is 1. The van der Waals surface area contributed by atoms with Crippen molar-refractivity contribution in [3.63, 3.8) is 0 Å². The van der Waals surface area contributed by atoms with Gasteiger partial charge in [-0.15, -0.1) is 11.3 Å². The molecule has 1 heterocycles. The number of hydrogen-bond donors (Lipinski definition) is 1. The lowest BCUT2D eigenvalue weighted by Crippen LogP contribution is -2.14. The summed E-state index contributed by atoms with van der Waals surface area (Å²) in [5.74, 6) is 0. The van der Waals surface area contributed by atoms with Gasteiger partial charge in [0.2, 0.25) is 0 Å². The van der Waals surface area contributed by atoms with E-state index in [0.29, 0.717) is 0 Å². The van der Waals surface area contributed by atoms with Crippen LogP contribution in [0.1, 0.15) is 37.6 Å². The first-order valence-electron chi connectivity index (χ1n) is 6.23. The Morgan fingerprint density at radius 2 is 1.83 bits per heavy atom. The van der Waals surface area contributed by atoms with Crippen molar-refractivity contribution in [3.05, 3.63) is 52.0 Å². The fourth-order valence-electron chi connectivity index (χ4n) is 1.78. The molecule has 0 aliphatic heterocycles. The monoisotopic (exact) mass is 260 g/mol. The van der Waals surface area contributed by atoms with Crippen LogP contribution in [0, 0.1) is 0 Å². The second kappa shape index (κ2) is 5.63. The van der Waals surface area contributed by atoms with Crippen LogP contribution in [0.4, 0.5) is 0 Å². The van der Waals surface area contributed by atoms with Crippen molar-refractivity contribution in [3.8, 4) is 0 Å². The average Bonchev–Trinajstić information content (AvgIpc) is 2.82. The van der Waals surface area contributed by atoms with E-state index >= 15 is 0 Å². The van der Waals surface area contributed by atoms with E-state index in [0.717, 1.165) is 18.8 Å². The number of rotatable bonds is 4. The van der Waals surface area contributed by atoms with Gasteiger partial charge in [-0.2, -0.15) is 0 Å². The summed E-state index contributed by atoms with van der Waals surface area (Å²) >= 11 is 1.64. The van der Waals surface area contributed by atoms with Gasteiger partial charge in [-0.05, 0) is 16.5 Å². The molecule has 0 fully saturated rings. The molecule has 0 radical (unpaired) electrons. The van der Waals surface area contributed by atoms with Crippen molar-refractivity contribution < 1.29 is 0 Å². The molecule has 2 rings (SSSR count). The molecule has 0 unspecified atom stereocenters. The highest BCUT2D eigenvalue weighted by molar-refractivity contribution is 7.07. The molecular formula is C15H20N2S. The molecule has 96 valence electrons. The zero-order chi connectivity index (χ0) is 13.0. The highest BCUT2D eigenvalue weighted by Gasteiger charge is 2.12. The largest absolute Gasteiger partial charge is 0.307 e. The lowest BCUT2D eigenvalue weighted by molar-refractivity contribution is 0.589. The number of nitrogens with one attached hydrogen (secondary N) is 1. The Kier molecular flexibility index (Phi) is 4.15. The van der Waals surface area contributed by atoms with Crippen molar-refractivity contribution in [1.29, 1.82) is 0 Å². The minimum absolute atomic E-state index is 0.229. The van der Waals surface area contributed by atoms with Gasteiger partial charge >= 0.3 is 0 Å². The molecule has 1 N–H and O–H groups in total. The average molecular weight is 260 g/mol. The Bertz CT molecular complexity index is 466. The van der Waals surface area contributed by atoms with E-state index in [1.165, 1.54) is 11.1 Å². The van der Waals surface area contributed by atoms with Crippen LogP contribution in [-0.2, 0) is 18.5 Å². The first kappa shape index (κ1) is 13.2. The third kappa shape index (κ3) is 3.65. The Morgan fingerprint density at radius 1 is 1.11 bits per heavy atom. The predicted molar refractivity (Wildman–Crippen MR) is 77.8 cm³/mol. The van der Waals surface area contributed by atoms with Gasteiger partial charge in [-0.25, -0.2) is 4.98 Å². The maximum atomic E-state index is 4.25. The van der Waals surface area contributed by atoms with Crippen LogP contribution >= 0.6 is 11.3 Å². The molecular weight excluding hydrogens is 240 g/mol. The summed E-state index contributed by atoms with van der Waals surface area (Å²) in [5, 5.41) is 5.49. The molecule has 18 heavy (non-hydrogen) atoms. The van der Waals surface area contributed by atoms with Crippen LogP contribution in [0.5, 0.6) is 0 Å². The van der Waals surface area contributed by atoms with Gasteiger partial charge in [0, 0.05) is 18.5 Å². The van der Waals surface area contributed by atoms with Gasteiger partial charge < -0.3 is 5.32 Å². The highest BCUT2D eigenvalue weighted by Crippen LogP contribution is 2.22. The van der Waals surface area contributed by atoms with Crippen LogP contribution in [0.3, 0.4) is 0 Å².